The van der Waals surface area contributed by atoms with Gasteiger partial charge in [-0.15, -0.1) is 0 Å². The number of hydrogen-bond acceptors (Lipinski definition) is 10. The monoisotopic (exact) mass is 743 g/mol. The first-order chi connectivity index (χ1) is 26.7. The summed E-state index contributed by atoms with van der Waals surface area (Å²) in [5, 5.41) is 12.7. The van der Waals surface area contributed by atoms with Gasteiger partial charge in [0.25, 0.3) is 5.69 Å². The molecule has 5 aromatic carbocycles. The fourth-order valence-electron chi connectivity index (χ4n) is 8.17. The van der Waals surface area contributed by atoms with E-state index in [9.17, 15) is 10.1 Å². The zero-order chi connectivity index (χ0) is 38.2. The van der Waals surface area contributed by atoms with Gasteiger partial charge in [-0.25, -0.2) is 0 Å². The van der Waals surface area contributed by atoms with Crippen LogP contribution in [-0.2, 0) is 32.3 Å². The molecule has 4 aliphatic rings. The summed E-state index contributed by atoms with van der Waals surface area (Å²) in [5.74, 6) is 3.92. The topological polar surface area (TPSA) is 105 Å². The van der Waals surface area contributed by atoms with Gasteiger partial charge in [0.2, 0.25) is 5.75 Å². The Morgan fingerprint density at radius 1 is 0.727 bits per heavy atom. The Bertz CT molecular complexity index is 2230. The number of benzene rings is 5. The number of rotatable bonds is 7. The number of methoxy groups -OCH3 is 3. The van der Waals surface area contributed by atoms with Crippen LogP contribution in [0.3, 0.4) is 0 Å². The summed E-state index contributed by atoms with van der Waals surface area (Å²) in [6, 6.07) is 27.1. The number of nitrogens with zero attached hydrogens (tertiary/aromatic N) is 3. The second-order valence-corrected chi connectivity index (χ2v) is 14.4. The van der Waals surface area contributed by atoms with Gasteiger partial charge in [-0.2, -0.15) is 0 Å². The van der Waals surface area contributed by atoms with Crippen molar-refractivity contribution in [2.75, 3.05) is 48.5 Å². The van der Waals surface area contributed by atoms with Gasteiger partial charge in [-0.3, -0.25) is 19.9 Å². The molecule has 4 aliphatic heterocycles. The van der Waals surface area contributed by atoms with Crippen molar-refractivity contribution >= 4 is 5.69 Å². The van der Waals surface area contributed by atoms with Crippen LogP contribution in [0.5, 0.6) is 46.0 Å². The maximum atomic E-state index is 12.7. The van der Waals surface area contributed by atoms with Gasteiger partial charge < -0.3 is 28.4 Å². The Labute approximate surface area is 321 Å². The highest BCUT2D eigenvalue weighted by Gasteiger charge is 2.36. The fraction of sp³-hybridized carbons (Fsp3) is 0.318. The molecule has 0 fully saturated rings. The lowest BCUT2D eigenvalue weighted by Gasteiger charge is -2.37. The summed E-state index contributed by atoms with van der Waals surface area (Å²) < 4.78 is 38.0. The van der Waals surface area contributed by atoms with Gasteiger partial charge in [0.1, 0.15) is 12.4 Å². The fourth-order valence-corrected chi connectivity index (χ4v) is 8.17. The molecule has 5 aromatic rings. The van der Waals surface area contributed by atoms with E-state index in [0.717, 1.165) is 41.6 Å². The molecule has 0 radical (unpaired) electrons. The minimum absolute atomic E-state index is 0.0578. The lowest BCUT2D eigenvalue weighted by Crippen LogP contribution is -2.34. The molecular weight excluding hydrogens is 698 g/mol. The van der Waals surface area contributed by atoms with E-state index in [2.05, 4.69) is 41.1 Å². The number of fused-ring (bicyclic) bond motifs is 2. The van der Waals surface area contributed by atoms with Crippen LogP contribution in [0, 0.1) is 10.1 Å². The zero-order valence-electron chi connectivity index (χ0n) is 31.8. The van der Waals surface area contributed by atoms with E-state index < -0.39 is 0 Å². The number of hydrogen-bond donors (Lipinski definition) is 0. The van der Waals surface area contributed by atoms with Crippen molar-refractivity contribution in [2.24, 2.45) is 0 Å². The Morgan fingerprint density at radius 3 is 2.09 bits per heavy atom. The van der Waals surface area contributed by atoms with Gasteiger partial charge in [0.05, 0.1) is 32.3 Å². The Kier molecular flexibility index (Phi) is 9.98. The summed E-state index contributed by atoms with van der Waals surface area (Å²) in [4.78, 5) is 16.9. The molecule has 1 unspecified atom stereocenters. The van der Waals surface area contributed by atoms with E-state index >= 15 is 0 Å². The van der Waals surface area contributed by atoms with E-state index in [-0.39, 0.29) is 41.5 Å². The summed E-state index contributed by atoms with van der Waals surface area (Å²) in [6.45, 7) is 1.88. The number of nitro benzene ring substituents is 1. The van der Waals surface area contributed by atoms with Crippen molar-refractivity contribution in [3.8, 4) is 46.0 Å². The van der Waals surface area contributed by atoms with E-state index in [0.29, 0.717) is 58.8 Å². The highest BCUT2D eigenvalue weighted by atomic mass is 16.6. The minimum atomic E-state index is -0.364. The van der Waals surface area contributed by atoms with Crippen molar-refractivity contribution in [2.45, 2.75) is 44.4 Å². The van der Waals surface area contributed by atoms with Crippen molar-refractivity contribution in [3.63, 3.8) is 0 Å². The highest BCUT2D eigenvalue weighted by Crippen LogP contribution is 2.53. The predicted octanol–water partition coefficient (Wildman–Crippen LogP) is 8.64. The molecule has 0 saturated carbocycles. The van der Waals surface area contributed by atoms with Crippen LogP contribution in [-0.4, -0.2) is 63.2 Å². The van der Waals surface area contributed by atoms with Gasteiger partial charge >= 0.3 is 0 Å². The molecule has 6 bridgehead atoms. The average Bonchev–Trinajstić information content (AvgIpc) is 3.19. The largest absolute Gasteiger partial charge is 0.493 e. The van der Waals surface area contributed by atoms with E-state index in [1.54, 1.807) is 20.3 Å². The van der Waals surface area contributed by atoms with Crippen LogP contribution in [0.25, 0.3) is 0 Å². The standard InChI is InChI=1S/C44H45N3O8/c1-45-17-15-29-21-37(50-3)40-24-33(29)35(45)19-27-11-13-32(14-12-27)54-39-23-31(34(47(48)49)25-38(39)51-4)20-36-42-30(16-18-46(36)2)22-41(52-5)43(44(42)55-40)53-26-28-9-7-6-8-10-28/h6-14,21-25,35-36H,15-20,26H2,1-5H3/t35?,36-/m0/s1. The van der Waals surface area contributed by atoms with Crippen molar-refractivity contribution < 1.29 is 33.3 Å². The third kappa shape index (κ3) is 7.01. The van der Waals surface area contributed by atoms with E-state index in [4.69, 9.17) is 28.4 Å². The molecular formula is C44H45N3O8. The molecule has 0 N–H and O–H groups in total. The molecule has 284 valence electrons. The summed E-state index contributed by atoms with van der Waals surface area (Å²) >= 11 is 0. The molecule has 2 atom stereocenters. The second-order valence-electron chi connectivity index (χ2n) is 14.4. The SMILES string of the molecule is COc1cc([N+](=O)[O-])c2cc1Oc1ccc(cc1)CC1c3cc(c(OC)cc3CCN1C)Oc1c(OCc3ccccc3)c(OC)cc3c1[C@H](C2)N(C)CC3. The maximum absolute atomic E-state index is 12.7. The summed E-state index contributed by atoms with van der Waals surface area (Å²) in [6.07, 6.45) is 2.61. The third-order valence-electron chi connectivity index (χ3n) is 11.2. The number of nitro groups is 1. The average molecular weight is 744 g/mol. The quantitative estimate of drug-likeness (QED) is 0.119. The van der Waals surface area contributed by atoms with Crippen LogP contribution >= 0.6 is 0 Å². The lowest BCUT2D eigenvalue weighted by atomic mass is 9.86. The van der Waals surface area contributed by atoms with Crippen molar-refractivity contribution in [1.82, 2.24) is 9.80 Å². The summed E-state index contributed by atoms with van der Waals surface area (Å²) in [5.41, 5.74) is 6.81. The molecule has 0 aromatic heterocycles. The van der Waals surface area contributed by atoms with Crippen LogP contribution in [0.4, 0.5) is 5.69 Å². The lowest BCUT2D eigenvalue weighted by molar-refractivity contribution is -0.385. The predicted molar refractivity (Wildman–Crippen MR) is 209 cm³/mol. The molecule has 0 saturated heterocycles. The highest BCUT2D eigenvalue weighted by molar-refractivity contribution is 5.64. The maximum Gasteiger partial charge on any atom is 0.276 e. The molecule has 0 amide bonds. The van der Waals surface area contributed by atoms with Crippen molar-refractivity contribution in [3.05, 3.63) is 134 Å². The van der Waals surface area contributed by atoms with Gasteiger partial charge in [-0.1, -0.05) is 42.5 Å². The first-order valence-corrected chi connectivity index (χ1v) is 18.6. The molecule has 11 nitrogen and oxygen atoms in total. The number of ether oxygens (including phenoxy) is 6. The molecule has 4 heterocycles. The molecule has 9 rings (SSSR count). The van der Waals surface area contributed by atoms with Gasteiger partial charge in [-0.05, 0) is 104 Å². The first kappa shape index (κ1) is 36.2. The Balaban J connectivity index is 1.38. The normalized spacial score (nSPS) is 17.8. The Morgan fingerprint density at radius 2 is 1.38 bits per heavy atom. The van der Waals surface area contributed by atoms with Crippen LogP contribution in [0.2, 0.25) is 0 Å². The van der Waals surface area contributed by atoms with Crippen LogP contribution in [0.1, 0.15) is 51.0 Å². The first-order valence-electron chi connectivity index (χ1n) is 18.6. The minimum Gasteiger partial charge on any atom is -0.493 e. The molecule has 55 heavy (non-hydrogen) atoms. The molecule has 11 heteroatoms. The van der Waals surface area contributed by atoms with Gasteiger partial charge in [0.15, 0.2) is 34.5 Å². The zero-order valence-corrected chi connectivity index (χ0v) is 31.8. The van der Waals surface area contributed by atoms with Gasteiger partial charge in [0, 0.05) is 36.3 Å². The van der Waals surface area contributed by atoms with Crippen LogP contribution in [0.15, 0.2) is 84.9 Å². The van der Waals surface area contributed by atoms with E-state index in [1.807, 2.05) is 55.6 Å². The second kappa shape index (κ2) is 15.2. The third-order valence-corrected chi connectivity index (χ3v) is 11.2. The smallest absolute Gasteiger partial charge is 0.276 e. The van der Waals surface area contributed by atoms with E-state index in [1.165, 1.54) is 24.3 Å². The van der Waals surface area contributed by atoms with Crippen molar-refractivity contribution in [1.29, 1.82) is 0 Å². The summed E-state index contributed by atoms with van der Waals surface area (Å²) in [7, 11) is 8.98. The number of likely N-dealkylation sites (N-methyl/N-ethyl adjacent to an activating group) is 2. The van der Waals surface area contributed by atoms with Crippen LogP contribution < -0.4 is 28.4 Å². The molecule has 0 spiro atoms. The Hall–Kier alpha value is -5.78. The molecule has 0 aliphatic carbocycles.